The van der Waals surface area contributed by atoms with Crippen LogP contribution in [0.2, 0.25) is 0 Å². The fourth-order valence-electron chi connectivity index (χ4n) is 1.38. The number of sulfone groups is 1. The number of anilines is 1. The Balaban J connectivity index is 2.79. The van der Waals surface area contributed by atoms with Crippen LogP contribution in [-0.4, -0.2) is 34.0 Å². The van der Waals surface area contributed by atoms with Crippen LogP contribution >= 0.6 is 12.6 Å². The van der Waals surface area contributed by atoms with Crippen LogP contribution in [0.5, 0.6) is 0 Å². The average molecular weight is 259 g/mol. The molecule has 0 amide bonds. The smallest absolute Gasteiger partial charge is 0.175 e. The Hall–Kier alpha value is -0.680. The summed E-state index contributed by atoms with van der Waals surface area (Å²) in [4.78, 5) is 2.45. The fourth-order valence-corrected chi connectivity index (χ4v) is 2.16. The molecule has 16 heavy (non-hydrogen) atoms. The molecule has 0 heterocycles. The summed E-state index contributed by atoms with van der Waals surface area (Å²) in [5.74, 6) is 0.853. The van der Waals surface area contributed by atoms with Crippen LogP contribution in [0.3, 0.4) is 0 Å². The van der Waals surface area contributed by atoms with Crippen LogP contribution < -0.4 is 4.90 Å². The van der Waals surface area contributed by atoms with E-state index in [2.05, 4.69) is 17.5 Å². The molecular weight excluding hydrogens is 242 g/mol. The van der Waals surface area contributed by atoms with E-state index in [0.717, 1.165) is 24.4 Å². The molecule has 0 bridgehead atoms. The Kier molecular flexibility index (Phi) is 4.68. The van der Waals surface area contributed by atoms with Gasteiger partial charge in [-0.05, 0) is 36.4 Å². The van der Waals surface area contributed by atoms with E-state index in [0.29, 0.717) is 4.90 Å². The molecule has 0 aromatic heterocycles. The lowest BCUT2D eigenvalue weighted by Crippen LogP contribution is -2.18. The molecule has 0 aliphatic carbocycles. The van der Waals surface area contributed by atoms with Crippen LogP contribution in [0.15, 0.2) is 29.2 Å². The van der Waals surface area contributed by atoms with Gasteiger partial charge in [0.1, 0.15) is 0 Å². The van der Waals surface area contributed by atoms with Gasteiger partial charge >= 0.3 is 0 Å². The first-order valence-corrected chi connectivity index (χ1v) is 7.59. The number of hydrogen-bond donors (Lipinski definition) is 1. The highest BCUT2D eigenvalue weighted by atomic mass is 32.2. The molecule has 0 saturated heterocycles. The molecule has 5 heteroatoms. The summed E-state index contributed by atoms with van der Waals surface area (Å²) in [6.45, 7) is 0.918. The predicted molar refractivity (Wildman–Crippen MR) is 71.3 cm³/mol. The van der Waals surface area contributed by atoms with Gasteiger partial charge in [0.2, 0.25) is 0 Å². The minimum atomic E-state index is -3.09. The summed E-state index contributed by atoms with van der Waals surface area (Å²) in [6.07, 6.45) is 2.22. The maximum absolute atomic E-state index is 11.3. The quantitative estimate of drug-likeness (QED) is 0.820. The van der Waals surface area contributed by atoms with Crippen molar-refractivity contribution in [3.63, 3.8) is 0 Å². The van der Waals surface area contributed by atoms with Crippen molar-refractivity contribution in [2.24, 2.45) is 0 Å². The second-order valence-corrected chi connectivity index (χ2v) is 6.23. The first-order valence-electron chi connectivity index (χ1n) is 5.07. The minimum Gasteiger partial charge on any atom is -0.375 e. The summed E-state index contributed by atoms with van der Waals surface area (Å²) in [5, 5.41) is 0. The molecular formula is C11H17NO2S2. The highest BCUT2D eigenvalue weighted by Gasteiger charge is 2.07. The number of rotatable bonds is 5. The zero-order valence-corrected chi connectivity index (χ0v) is 11.3. The van der Waals surface area contributed by atoms with Gasteiger partial charge in [-0.3, -0.25) is 0 Å². The van der Waals surface area contributed by atoms with Crippen LogP contribution in [0.4, 0.5) is 5.69 Å². The molecule has 0 radical (unpaired) electrons. The van der Waals surface area contributed by atoms with Crippen molar-refractivity contribution in [2.75, 3.05) is 30.5 Å². The lowest BCUT2D eigenvalue weighted by Gasteiger charge is -2.18. The van der Waals surface area contributed by atoms with E-state index in [1.807, 2.05) is 19.2 Å². The molecule has 90 valence electrons. The number of benzene rings is 1. The normalized spacial score (nSPS) is 11.4. The van der Waals surface area contributed by atoms with Crippen LogP contribution in [0.1, 0.15) is 6.42 Å². The van der Waals surface area contributed by atoms with Gasteiger partial charge < -0.3 is 4.90 Å². The Labute approximate surface area is 103 Å². The van der Waals surface area contributed by atoms with E-state index < -0.39 is 9.84 Å². The summed E-state index contributed by atoms with van der Waals surface area (Å²) in [6, 6.07) is 6.94. The van der Waals surface area contributed by atoms with E-state index in [4.69, 9.17) is 0 Å². The predicted octanol–water partition coefficient (Wildman–Crippen LogP) is 1.85. The standard InChI is InChI=1S/C11H17NO2S2/c1-12(8-3-9-15)10-4-6-11(7-5-10)16(2,13)14/h4-7,15H,3,8-9H2,1-2H3. The maximum Gasteiger partial charge on any atom is 0.175 e. The Bertz CT molecular complexity index is 426. The van der Waals surface area contributed by atoms with Crippen LogP contribution in [0.25, 0.3) is 0 Å². The zero-order valence-electron chi connectivity index (χ0n) is 9.55. The summed E-state index contributed by atoms with van der Waals surface area (Å²) in [7, 11) is -1.11. The van der Waals surface area contributed by atoms with Crippen molar-refractivity contribution in [3.8, 4) is 0 Å². The topological polar surface area (TPSA) is 37.4 Å². The molecule has 0 aliphatic rings. The second-order valence-electron chi connectivity index (χ2n) is 3.76. The second kappa shape index (κ2) is 5.59. The van der Waals surface area contributed by atoms with Gasteiger partial charge in [0.25, 0.3) is 0 Å². The van der Waals surface area contributed by atoms with Crippen molar-refractivity contribution in [1.82, 2.24) is 0 Å². The van der Waals surface area contributed by atoms with Crippen molar-refractivity contribution in [3.05, 3.63) is 24.3 Å². The van der Waals surface area contributed by atoms with Gasteiger partial charge in [0.05, 0.1) is 4.90 Å². The van der Waals surface area contributed by atoms with Gasteiger partial charge in [-0.15, -0.1) is 0 Å². The maximum atomic E-state index is 11.3. The Morgan fingerprint density at radius 3 is 2.25 bits per heavy atom. The molecule has 1 aromatic rings. The third kappa shape index (κ3) is 3.72. The van der Waals surface area contributed by atoms with E-state index in [1.165, 1.54) is 6.26 Å². The molecule has 0 N–H and O–H groups in total. The molecule has 1 aromatic carbocycles. The summed E-state index contributed by atoms with van der Waals surface area (Å²) < 4.78 is 22.5. The molecule has 3 nitrogen and oxygen atoms in total. The minimum absolute atomic E-state index is 0.360. The van der Waals surface area contributed by atoms with E-state index in [9.17, 15) is 8.42 Å². The monoisotopic (exact) mass is 259 g/mol. The van der Waals surface area contributed by atoms with Gasteiger partial charge in [-0.25, -0.2) is 8.42 Å². The number of hydrogen-bond acceptors (Lipinski definition) is 4. The summed E-state index contributed by atoms with van der Waals surface area (Å²) >= 11 is 4.16. The molecule has 1 rings (SSSR count). The first-order chi connectivity index (χ1) is 7.45. The molecule has 0 saturated carbocycles. The lowest BCUT2D eigenvalue weighted by molar-refractivity contribution is 0.602. The highest BCUT2D eigenvalue weighted by Crippen LogP contribution is 2.16. The van der Waals surface area contributed by atoms with Gasteiger partial charge in [0.15, 0.2) is 9.84 Å². The van der Waals surface area contributed by atoms with E-state index in [1.54, 1.807) is 12.1 Å². The van der Waals surface area contributed by atoms with Gasteiger partial charge in [-0.1, -0.05) is 0 Å². The van der Waals surface area contributed by atoms with Crippen molar-refractivity contribution < 1.29 is 8.42 Å². The Morgan fingerprint density at radius 2 is 1.81 bits per heavy atom. The third-order valence-corrected chi connectivity index (χ3v) is 3.80. The van der Waals surface area contributed by atoms with Crippen molar-refractivity contribution in [1.29, 1.82) is 0 Å². The van der Waals surface area contributed by atoms with E-state index in [-0.39, 0.29) is 0 Å². The van der Waals surface area contributed by atoms with Gasteiger partial charge in [0, 0.05) is 25.5 Å². The number of thiol groups is 1. The Morgan fingerprint density at radius 1 is 1.25 bits per heavy atom. The van der Waals surface area contributed by atoms with Crippen LogP contribution in [0, 0.1) is 0 Å². The largest absolute Gasteiger partial charge is 0.375 e. The molecule has 0 spiro atoms. The molecule has 0 fully saturated rings. The lowest BCUT2D eigenvalue weighted by atomic mass is 10.3. The molecule has 0 aliphatic heterocycles. The average Bonchev–Trinajstić information content (AvgIpc) is 2.25. The van der Waals surface area contributed by atoms with Crippen molar-refractivity contribution in [2.45, 2.75) is 11.3 Å². The fraction of sp³-hybridized carbons (Fsp3) is 0.455. The van der Waals surface area contributed by atoms with Crippen LogP contribution in [-0.2, 0) is 9.84 Å². The summed E-state index contributed by atoms with van der Waals surface area (Å²) in [5.41, 5.74) is 1.02. The molecule has 0 unspecified atom stereocenters. The number of nitrogens with zero attached hydrogens (tertiary/aromatic N) is 1. The first kappa shape index (κ1) is 13.4. The van der Waals surface area contributed by atoms with E-state index >= 15 is 0 Å². The third-order valence-electron chi connectivity index (χ3n) is 2.36. The highest BCUT2D eigenvalue weighted by molar-refractivity contribution is 7.90. The molecule has 0 atom stereocenters. The SMILES string of the molecule is CN(CCCS)c1ccc(S(C)(=O)=O)cc1. The zero-order chi connectivity index (χ0) is 12.2. The van der Waals surface area contributed by atoms with Crippen molar-refractivity contribution >= 4 is 28.2 Å². The van der Waals surface area contributed by atoms with Gasteiger partial charge in [-0.2, -0.15) is 12.6 Å².